The average molecular weight is 500 g/mol. The van der Waals surface area contributed by atoms with E-state index in [2.05, 4.69) is 28.5 Å². The van der Waals surface area contributed by atoms with E-state index in [1.54, 1.807) is 23.8 Å². The minimum absolute atomic E-state index is 0.0288. The number of esters is 1. The molecule has 11 heteroatoms. The number of fused-ring (bicyclic) bond motifs is 1. The van der Waals surface area contributed by atoms with E-state index in [4.69, 9.17) is 9.15 Å². The fraction of sp³-hybridized carbons (Fsp3) is 0.435. The van der Waals surface area contributed by atoms with Crippen molar-refractivity contribution < 1.29 is 18.7 Å². The number of hydrogen-bond donors (Lipinski definition) is 1. The second-order valence-corrected chi connectivity index (χ2v) is 10.1. The molecule has 3 heterocycles. The molecule has 0 aromatic carbocycles. The predicted octanol–water partition coefficient (Wildman–Crippen LogP) is 3.81. The van der Waals surface area contributed by atoms with Gasteiger partial charge in [0.2, 0.25) is 5.91 Å². The highest BCUT2D eigenvalue weighted by atomic mass is 32.2. The number of amides is 1. The average Bonchev–Trinajstić information content (AvgIpc) is 3.52. The smallest absolute Gasteiger partial charge is 0.313 e. The third-order valence-corrected chi connectivity index (χ3v) is 7.64. The lowest BCUT2D eigenvalue weighted by atomic mass is 9.89. The molecule has 1 aliphatic rings. The van der Waals surface area contributed by atoms with E-state index >= 15 is 0 Å². The number of nitrogens with one attached hydrogen (secondary N) is 1. The van der Waals surface area contributed by atoms with Gasteiger partial charge in [-0.15, -0.1) is 21.5 Å². The lowest BCUT2D eigenvalue weighted by Crippen LogP contribution is -2.16. The Morgan fingerprint density at radius 1 is 1.44 bits per heavy atom. The Hall–Kier alpha value is -3.10. The monoisotopic (exact) mass is 499 g/mol. The molecule has 1 N–H and O–H groups in total. The maximum atomic E-state index is 12.7. The number of anilines is 1. The molecule has 0 saturated carbocycles. The van der Waals surface area contributed by atoms with Crippen LogP contribution in [0.4, 0.5) is 5.00 Å². The van der Waals surface area contributed by atoms with Gasteiger partial charge in [0, 0.05) is 4.88 Å². The highest BCUT2D eigenvalue weighted by Crippen LogP contribution is 2.39. The highest BCUT2D eigenvalue weighted by Gasteiger charge is 2.25. The molecule has 1 aliphatic carbocycles. The third kappa shape index (κ3) is 5.51. The Bertz CT molecular complexity index is 1210. The molecular weight excluding hydrogens is 474 g/mol. The number of carbonyl (C=O) groups is 2. The van der Waals surface area contributed by atoms with Gasteiger partial charge < -0.3 is 14.5 Å². The summed E-state index contributed by atoms with van der Waals surface area (Å²) >= 11 is 2.71. The molecule has 0 unspecified atom stereocenters. The number of furan rings is 1. The summed E-state index contributed by atoms with van der Waals surface area (Å²) in [4.78, 5) is 25.9. The third-order valence-electron chi connectivity index (χ3n) is 5.50. The van der Waals surface area contributed by atoms with Gasteiger partial charge >= 0.3 is 5.97 Å². The first-order valence-corrected chi connectivity index (χ1v) is 12.9. The van der Waals surface area contributed by atoms with Crippen LogP contribution in [0.3, 0.4) is 0 Å². The highest BCUT2D eigenvalue weighted by molar-refractivity contribution is 7.99. The molecule has 0 saturated heterocycles. The van der Waals surface area contributed by atoms with Crippen molar-refractivity contribution >= 4 is 40.0 Å². The number of hydrogen-bond acceptors (Lipinski definition) is 9. The lowest BCUT2D eigenvalue weighted by molar-refractivity contribution is -0.142. The predicted molar refractivity (Wildman–Crippen MR) is 128 cm³/mol. The molecule has 0 bridgehead atoms. The quantitative estimate of drug-likeness (QED) is 0.348. The largest absolute Gasteiger partial charge is 0.467 e. The molecule has 9 nitrogen and oxygen atoms in total. The number of thiophene rings is 1. The SMILES string of the molecule is CCOC(=O)Cc1nnc(SCC(=O)Nc2sc3c(c2C#N)CC[C@@H](C)C3)n1Cc1ccco1. The molecule has 1 amide bonds. The Kier molecular flexibility index (Phi) is 7.70. The summed E-state index contributed by atoms with van der Waals surface area (Å²) in [6.07, 6.45) is 4.41. The van der Waals surface area contributed by atoms with Gasteiger partial charge in [-0.1, -0.05) is 18.7 Å². The molecule has 0 aliphatic heterocycles. The maximum absolute atomic E-state index is 12.7. The fourth-order valence-corrected chi connectivity index (χ4v) is 6.00. The zero-order chi connectivity index (χ0) is 24.1. The lowest BCUT2D eigenvalue weighted by Gasteiger charge is -2.17. The molecule has 0 radical (unpaired) electrons. The van der Waals surface area contributed by atoms with Crippen LogP contribution in [0.5, 0.6) is 0 Å². The molecule has 4 rings (SSSR count). The van der Waals surface area contributed by atoms with Gasteiger partial charge in [-0.25, -0.2) is 0 Å². The van der Waals surface area contributed by atoms with E-state index in [-0.39, 0.29) is 24.7 Å². The summed E-state index contributed by atoms with van der Waals surface area (Å²) in [6.45, 7) is 4.56. The van der Waals surface area contributed by atoms with Crippen molar-refractivity contribution in [2.45, 2.75) is 51.2 Å². The van der Waals surface area contributed by atoms with Crippen LogP contribution >= 0.6 is 23.1 Å². The van der Waals surface area contributed by atoms with E-state index in [1.165, 1.54) is 28.0 Å². The van der Waals surface area contributed by atoms with Gasteiger partial charge in [-0.05, 0) is 49.8 Å². The Balaban J connectivity index is 1.46. The van der Waals surface area contributed by atoms with Gasteiger partial charge in [0.25, 0.3) is 0 Å². The molecule has 1 atom stereocenters. The second kappa shape index (κ2) is 10.9. The van der Waals surface area contributed by atoms with E-state index in [0.29, 0.717) is 39.8 Å². The van der Waals surface area contributed by atoms with Crippen LogP contribution in [0.2, 0.25) is 0 Å². The topological polar surface area (TPSA) is 123 Å². The van der Waals surface area contributed by atoms with Gasteiger partial charge in [-0.3, -0.25) is 14.2 Å². The molecule has 34 heavy (non-hydrogen) atoms. The van der Waals surface area contributed by atoms with E-state index < -0.39 is 5.97 Å². The van der Waals surface area contributed by atoms with E-state index in [0.717, 1.165) is 24.8 Å². The summed E-state index contributed by atoms with van der Waals surface area (Å²) in [5.41, 5.74) is 1.67. The first-order valence-electron chi connectivity index (χ1n) is 11.1. The van der Waals surface area contributed by atoms with Crippen LogP contribution in [-0.4, -0.2) is 39.0 Å². The van der Waals surface area contributed by atoms with Gasteiger partial charge in [0.05, 0.1) is 30.7 Å². The number of ether oxygens (including phenoxy) is 1. The van der Waals surface area contributed by atoms with Crippen molar-refractivity contribution in [1.29, 1.82) is 5.26 Å². The van der Waals surface area contributed by atoms with Crippen LogP contribution in [0.25, 0.3) is 0 Å². The zero-order valence-electron chi connectivity index (χ0n) is 19.0. The van der Waals surface area contributed by atoms with Crippen molar-refractivity contribution in [2.24, 2.45) is 5.92 Å². The molecule has 0 fully saturated rings. The minimum atomic E-state index is -0.398. The van der Waals surface area contributed by atoms with Crippen LogP contribution < -0.4 is 5.32 Å². The van der Waals surface area contributed by atoms with Crippen LogP contribution in [0, 0.1) is 17.2 Å². The molecule has 3 aromatic heterocycles. The summed E-state index contributed by atoms with van der Waals surface area (Å²) in [7, 11) is 0. The normalized spacial score (nSPS) is 14.9. The molecule has 178 valence electrons. The second-order valence-electron chi connectivity index (χ2n) is 8.05. The number of nitriles is 1. The standard InChI is InChI=1S/C23H25N5O4S2/c1-3-31-21(30)10-19-26-27-23(28(19)12-15-5-4-8-32-15)33-13-20(29)25-22-17(11-24)16-7-6-14(2)9-18(16)34-22/h4-5,8,14H,3,6-7,9-10,12-13H2,1-2H3,(H,25,29)/t14-/m1/s1. The van der Waals surface area contributed by atoms with Crippen molar-refractivity contribution in [3.05, 3.63) is 46.0 Å². The minimum Gasteiger partial charge on any atom is -0.467 e. The first kappa shape index (κ1) is 24.0. The van der Waals surface area contributed by atoms with Gasteiger partial charge in [0.1, 0.15) is 29.1 Å². The van der Waals surface area contributed by atoms with E-state index in [1.807, 2.05) is 6.07 Å². The fourth-order valence-electron chi connectivity index (χ4n) is 3.86. The summed E-state index contributed by atoms with van der Waals surface area (Å²) < 4.78 is 12.2. The number of carbonyl (C=O) groups excluding carboxylic acids is 2. The Morgan fingerprint density at radius 3 is 3.03 bits per heavy atom. The summed E-state index contributed by atoms with van der Waals surface area (Å²) in [5.74, 6) is 1.15. The van der Waals surface area contributed by atoms with Crippen LogP contribution in [-0.2, 0) is 40.1 Å². The van der Waals surface area contributed by atoms with Crippen molar-refractivity contribution in [3.63, 3.8) is 0 Å². The van der Waals surface area contributed by atoms with Crippen molar-refractivity contribution in [1.82, 2.24) is 14.8 Å². The van der Waals surface area contributed by atoms with Crippen LogP contribution in [0.1, 0.15) is 47.9 Å². The molecule has 3 aromatic rings. The number of aromatic nitrogens is 3. The van der Waals surface area contributed by atoms with E-state index in [9.17, 15) is 14.9 Å². The van der Waals surface area contributed by atoms with Crippen molar-refractivity contribution in [2.75, 3.05) is 17.7 Å². The Labute approximate surface area is 205 Å². The number of rotatable bonds is 9. The molecular formula is C23H25N5O4S2. The first-order chi connectivity index (χ1) is 16.5. The van der Waals surface area contributed by atoms with Gasteiger partial charge in [0.15, 0.2) is 5.16 Å². The summed E-state index contributed by atoms with van der Waals surface area (Å²) in [6, 6.07) is 5.87. The summed E-state index contributed by atoms with van der Waals surface area (Å²) in [5, 5.41) is 22.0. The Morgan fingerprint density at radius 2 is 2.29 bits per heavy atom. The zero-order valence-corrected chi connectivity index (χ0v) is 20.6. The molecule has 0 spiro atoms. The van der Waals surface area contributed by atoms with Gasteiger partial charge in [-0.2, -0.15) is 5.26 Å². The number of thioether (sulfide) groups is 1. The number of nitrogens with zero attached hydrogens (tertiary/aromatic N) is 4. The van der Waals surface area contributed by atoms with Crippen molar-refractivity contribution in [3.8, 4) is 6.07 Å². The maximum Gasteiger partial charge on any atom is 0.313 e. The van der Waals surface area contributed by atoms with Crippen LogP contribution in [0.15, 0.2) is 28.0 Å².